The van der Waals surface area contributed by atoms with Crippen molar-refractivity contribution < 1.29 is 4.74 Å². The quantitative estimate of drug-likeness (QED) is 0.570. The summed E-state index contributed by atoms with van der Waals surface area (Å²) < 4.78 is 5.54. The molecule has 1 aromatic carbocycles. The highest BCUT2D eigenvalue weighted by molar-refractivity contribution is 5.57. The van der Waals surface area contributed by atoms with Crippen molar-refractivity contribution in [3.63, 3.8) is 0 Å². The molecule has 0 atom stereocenters. The van der Waals surface area contributed by atoms with E-state index in [1.807, 2.05) is 18.2 Å². The van der Waals surface area contributed by atoms with Crippen molar-refractivity contribution in [1.29, 1.82) is 5.26 Å². The number of nitrogens with two attached hydrogens (primary N) is 1. The molecule has 3 N–H and O–H groups in total. The summed E-state index contributed by atoms with van der Waals surface area (Å²) in [6.45, 7) is 2.39. The number of benzene rings is 1. The Morgan fingerprint density at radius 3 is 3.00 bits per heavy atom. The van der Waals surface area contributed by atoms with E-state index in [4.69, 9.17) is 15.7 Å². The zero-order valence-corrected chi connectivity index (χ0v) is 10.5. The van der Waals surface area contributed by atoms with Gasteiger partial charge in [-0.2, -0.15) is 5.26 Å². The van der Waals surface area contributed by atoms with E-state index in [0.29, 0.717) is 18.7 Å². The molecule has 0 heterocycles. The van der Waals surface area contributed by atoms with Gasteiger partial charge in [0.2, 0.25) is 0 Å². The predicted molar refractivity (Wildman–Crippen MR) is 72.2 cm³/mol. The van der Waals surface area contributed by atoms with Crippen molar-refractivity contribution in [3.05, 3.63) is 23.8 Å². The van der Waals surface area contributed by atoms with Crippen LogP contribution in [0.25, 0.3) is 0 Å². The van der Waals surface area contributed by atoms with Gasteiger partial charge in [0.1, 0.15) is 0 Å². The molecule has 1 fully saturated rings. The van der Waals surface area contributed by atoms with Crippen LogP contribution >= 0.6 is 0 Å². The first-order valence-electron chi connectivity index (χ1n) is 6.36. The average Bonchev–Trinajstić information content (AvgIpc) is 3.17. The second-order valence-electron chi connectivity index (χ2n) is 4.69. The van der Waals surface area contributed by atoms with Gasteiger partial charge in [0.25, 0.3) is 0 Å². The lowest BCUT2D eigenvalue weighted by molar-refractivity contribution is 0.134. The first kappa shape index (κ1) is 12.7. The number of nitriles is 1. The molecule has 0 aromatic heterocycles. The Balaban J connectivity index is 1.74. The maximum absolute atomic E-state index is 8.69. The maximum atomic E-state index is 8.69. The monoisotopic (exact) mass is 245 g/mol. The van der Waals surface area contributed by atoms with E-state index in [2.05, 4.69) is 11.4 Å². The number of ether oxygens (including phenoxy) is 1. The van der Waals surface area contributed by atoms with Crippen molar-refractivity contribution in [3.8, 4) is 6.07 Å². The molecule has 0 spiro atoms. The van der Waals surface area contributed by atoms with Gasteiger partial charge in [-0.3, -0.25) is 0 Å². The normalized spacial score (nSPS) is 14.2. The van der Waals surface area contributed by atoms with Gasteiger partial charge >= 0.3 is 0 Å². The summed E-state index contributed by atoms with van der Waals surface area (Å²) in [7, 11) is 0. The Labute approximate surface area is 108 Å². The summed E-state index contributed by atoms with van der Waals surface area (Å²) in [5, 5.41) is 12.0. The van der Waals surface area contributed by atoms with E-state index < -0.39 is 0 Å². The van der Waals surface area contributed by atoms with Crippen molar-refractivity contribution in [2.24, 2.45) is 5.92 Å². The lowest BCUT2D eigenvalue weighted by Crippen LogP contribution is -2.11. The van der Waals surface area contributed by atoms with Crippen LogP contribution in [0.4, 0.5) is 11.4 Å². The standard InChI is InChI=1S/C14H19N3O/c15-6-5-12-9-13(3-4-14(12)16)17-7-8-18-10-11-1-2-11/h3-4,9,11,17H,1-2,5,7-8,10,16H2. The molecule has 0 unspecified atom stereocenters. The number of nitrogens with zero attached hydrogens (tertiary/aromatic N) is 1. The van der Waals surface area contributed by atoms with Crippen LogP contribution in [-0.2, 0) is 11.2 Å². The van der Waals surface area contributed by atoms with Gasteiger partial charge < -0.3 is 15.8 Å². The highest BCUT2D eigenvalue weighted by atomic mass is 16.5. The SMILES string of the molecule is N#CCc1cc(NCCOCC2CC2)ccc1N. The summed E-state index contributed by atoms with van der Waals surface area (Å²) in [6.07, 6.45) is 2.99. The molecule has 4 nitrogen and oxygen atoms in total. The molecular weight excluding hydrogens is 226 g/mol. The topological polar surface area (TPSA) is 71.1 Å². The third kappa shape index (κ3) is 3.94. The highest BCUT2D eigenvalue weighted by Gasteiger charge is 2.20. The zero-order valence-electron chi connectivity index (χ0n) is 10.5. The Kier molecular flexibility index (Phi) is 4.43. The third-order valence-electron chi connectivity index (χ3n) is 3.04. The number of rotatable bonds is 7. The Morgan fingerprint density at radius 1 is 1.44 bits per heavy atom. The van der Waals surface area contributed by atoms with Crippen LogP contribution in [0, 0.1) is 17.2 Å². The fraction of sp³-hybridized carbons (Fsp3) is 0.500. The highest BCUT2D eigenvalue weighted by Crippen LogP contribution is 2.28. The zero-order chi connectivity index (χ0) is 12.8. The number of hydrogen-bond donors (Lipinski definition) is 2. The van der Waals surface area contributed by atoms with E-state index in [1.54, 1.807) is 0 Å². The van der Waals surface area contributed by atoms with Gasteiger partial charge in [0, 0.05) is 24.5 Å². The third-order valence-corrected chi connectivity index (χ3v) is 3.04. The maximum Gasteiger partial charge on any atom is 0.0670 e. The summed E-state index contributed by atoms with van der Waals surface area (Å²) >= 11 is 0. The van der Waals surface area contributed by atoms with Gasteiger partial charge in [-0.25, -0.2) is 0 Å². The van der Waals surface area contributed by atoms with Crippen molar-refractivity contribution in [2.45, 2.75) is 19.3 Å². The van der Waals surface area contributed by atoms with Crippen molar-refractivity contribution >= 4 is 11.4 Å². The Morgan fingerprint density at radius 2 is 2.28 bits per heavy atom. The van der Waals surface area contributed by atoms with Crippen molar-refractivity contribution in [2.75, 3.05) is 30.8 Å². The first-order chi connectivity index (χ1) is 8.79. The predicted octanol–water partition coefficient (Wildman–Crippen LogP) is 2.17. The van der Waals surface area contributed by atoms with Gasteiger partial charge in [0.15, 0.2) is 0 Å². The molecule has 4 heteroatoms. The van der Waals surface area contributed by atoms with Gasteiger partial charge in [-0.15, -0.1) is 0 Å². The molecule has 0 bridgehead atoms. The molecule has 2 rings (SSSR count). The largest absolute Gasteiger partial charge is 0.398 e. The molecule has 0 saturated heterocycles. The van der Waals surface area contributed by atoms with E-state index in [1.165, 1.54) is 12.8 Å². The van der Waals surface area contributed by atoms with Crippen LogP contribution in [-0.4, -0.2) is 19.8 Å². The molecule has 96 valence electrons. The number of anilines is 2. The minimum Gasteiger partial charge on any atom is -0.398 e. The van der Waals surface area contributed by atoms with Crippen LogP contribution in [0.5, 0.6) is 0 Å². The molecule has 1 aromatic rings. The van der Waals surface area contributed by atoms with Crippen molar-refractivity contribution in [1.82, 2.24) is 0 Å². The summed E-state index contributed by atoms with van der Waals surface area (Å²) in [6, 6.07) is 7.81. The van der Waals surface area contributed by atoms with E-state index >= 15 is 0 Å². The lowest BCUT2D eigenvalue weighted by atomic mass is 10.1. The molecule has 1 saturated carbocycles. The average molecular weight is 245 g/mol. The van der Waals surface area contributed by atoms with E-state index in [-0.39, 0.29) is 0 Å². The van der Waals surface area contributed by atoms with Crippen LogP contribution in [0.15, 0.2) is 18.2 Å². The van der Waals surface area contributed by atoms with E-state index in [0.717, 1.165) is 30.3 Å². The number of nitrogens with one attached hydrogen (secondary N) is 1. The lowest BCUT2D eigenvalue weighted by Gasteiger charge is -2.09. The van der Waals surface area contributed by atoms with Crippen LogP contribution in [0.1, 0.15) is 18.4 Å². The number of hydrogen-bond acceptors (Lipinski definition) is 4. The smallest absolute Gasteiger partial charge is 0.0670 e. The first-order valence-corrected chi connectivity index (χ1v) is 6.36. The fourth-order valence-electron chi connectivity index (χ4n) is 1.76. The molecule has 0 amide bonds. The fourth-order valence-corrected chi connectivity index (χ4v) is 1.76. The summed E-state index contributed by atoms with van der Waals surface area (Å²) in [4.78, 5) is 0. The molecule has 0 aliphatic heterocycles. The van der Waals surface area contributed by atoms with Crippen LogP contribution < -0.4 is 11.1 Å². The molecule has 1 aliphatic carbocycles. The molecule has 18 heavy (non-hydrogen) atoms. The Hall–Kier alpha value is -1.73. The molecule has 0 radical (unpaired) electrons. The van der Waals surface area contributed by atoms with Gasteiger partial charge in [-0.1, -0.05) is 0 Å². The second-order valence-corrected chi connectivity index (χ2v) is 4.69. The van der Waals surface area contributed by atoms with Gasteiger partial charge in [-0.05, 0) is 42.5 Å². The molecular formula is C14H19N3O. The Bertz CT molecular complexity index is 435. The molecule has 1 aliphatic rings. The van der Waals surface area contributed by atoms with Gasteiger partial charge in [0.05, 0.1) is 19.1 Å². The van der Waals surface area contributed by atoms with E-state index in [9.17, 15) is 0 Å². The summed E-state index contributed by atoms with van der Waals surface area (Å²) in [5.41, 5.74) is 8.33. The van der Waals surface area contributed by atoms with Crippen LogP contribution in [0.2, 0.25) is 0 Å². The summed E-state index contributed by atoms with van der Waals surface area (Å²) in [5.74, 6) is 0.809. The van der Waals surface area contributed by atoms with Crippen LogP contribution in [0.3, 0.4) is 0 Å². The number of nitrogen functional groups attached to an aromatic ring is 1. The second kappa shape index (κ2) is 6.27. The minimum absolute atomic E-state index is 0.347. The minimum atomic E-state index is 0.347.